The van der Waals surface area contributed by atoms with Crippen LogP contribution in [0.15, 0.2) is 97.1 Å². The molecule has 1 nitrogen and oxygen atoms in total. The lowest BCUT2D eigenvalue weighted by Gasteiger charge is -2.14. The van der Waals surface area contributed by atoms with Crippen LogP contribution in [0.4, 0.5) is 0 Å². The van der Waals surface area contributed by atoms with E-state index in [1.807, 2.05) is 0 Å². The summed E-state index contributed by atoms with van der Waals surface area (Å²) in [5.74, 6) is 0. The van der Waals surface area contributed by atoms with Gasteiger partial charge in [-0.3, -0.25) is 0 Å². The topological polar surface area (TPSA) is 4.93 Å². The number of aryl methyl sites for hydroxylation is 1. The van der Waals surface area contributed by atoms with Gasteiger partial charge in [0.15, 0.2) is 0 Å². The molecule has 0 aliphatic carbocycles. The highest BCUT2D eigenvalue weighted by Crippen LogP contribution is 2.43. The molecule has 140 valence electrons. The van der Waals surface area contributed by atoms with Crippen molar-refractivity contribution >= 4 is 54.1 Å². The minimum Gasteiger partial charge on any atom is -0.309 e. The number of hydrogen-bond donors (Lipinski definition) is 0. The number of para-hydroxylation sites is 2. The second kappa shape index (κ2) is 5.61. The first-order valence-corrected chi connectivity index (χ1v) is 10.5. The minimum absolute atomic E-state index is 1.20. The van der Waals surface area contributed by atoms with Gasteiger partial charge in [0, 0.05) is 16.5 Å². The monoisotopic (exact) mass is 381 g/mol. The van der Waals surface area contributed by atoms with Crippen LogP contribution in [0.5, 0.6) is 0 Å². The Morgan fingerprint density at radius 2 is 1.20 bits per heavy atom. The summed E-state index contributed by atoms with van der Waals surface area (Å²) in [5.41, 5.74) is 5.06. The molecule has 0 saturated carbocycles. The molecule has 1 heteroatoms. The molecule has 0 aliphatic rings. The first-order chi connectivity index (χ1) is 14.8. The van der Waals surface area contributed by atoms with Gasteiger partial charge in [-0.2, -0.15) is 0 Å². The van der Waals surface area contributed by atoms with Crippen molar-refractivity contribution in [2.75, 3.05) is 0 Å². The van der Waals surface area contributed by atoms with Gasteiger partial charge in [0.1, 0.15) is 0 Å². The molecule has 30 heavy (non-hydrogen) atoms. The largest absolute Gasteiger partial charge is 0.309 e. The Labute approximate surface area is 174 Å². The molecule has 0 amide bonds. The highest BCUT2D eigenvalue weighted by Gasteiger charge is 2.18. The number of benzene rings is 6. The fraction of sp³-hybridized carbons (Fsp3) is 0.0345. The van der Waals surface area contributed by atoms with E-state index in [2.05, 4.69) is 109 Å². The van der Waals surface area contributed by atoms with E-state index in [0.717, 1.165) is 0 Å². The molecule has 0 radical (unpaired) electrons. The summed E-state index contributed by atoms with van der Waals surface area (Å²) in [5, 5.41) is 10.8. The first-order valence-electron chi connectivity index (χ1n) is 10.5. The van der Waals surface area contributed by atoms with Gasteiger partial charge in [0.05, 0.1) is 11.0 Å². The second-order valence-electron chi connectivity index (χ2n) is 8.26. The van der Waals surface area contributed by atoms with Crippen LogP contribution in [0, 0.1) is 6.92 Å². The predicted molar refractivity (Wildman–Crippen MR) is 129 cm³/mol. The van der Waals surface area contributed by atoms with Crippen LogP contribution >= 0.6 is 0 Å². The van der Waals surface area contributed by atoms with E-state index in [4.69, 9.17) is 0 Å². The third-order valence-corrected chi connectivity index (χ3v) is 6.65. The molecule has 6 aromatic carbocycles. The van der Waals surface area contributed by atoms with E-state index in [1.165, 1.54) is 65.4 Å². The highest BCUT2D eigenvalue weighted by atomic mass is 15.0. The van der Waals surface area contributed by atoms with Crippen molar-refractivity contribution in [2.45, 2.75) is 6.92 Å². The third-order valence-electron chi connectivity index (χ3n) is 6.65. The Kier molecular flexibility index (Phi) is 2.99. The molecule has 0 N–H and O–H groups in total. The summed E-state index contributed by atoms with van der Waals surface area (Å²) in [4.78, 5) is 0. The van der Waals surface area contributed by atoms with Gasteiger partial charge in [-0.25, -0.2) is 0 Å². The maximum Gasteiger partial charge on any atom is 0.0553 e. The Hall–Kier alpha value is -3.84. The van der Waals surface area contributed by atoms with Crippen molar-refractivity contribution < 1.29 is 0 Å². The Bertz CT molecular complexity index is 1740. The predicted octanol–water partition coefficient (Wildman–Crippen LogP) is 7.99. The van der Waals surface area contributed by atoms with E-state index in [9.17, 15) is 0 Å². The van der Waals surface area contributed by atoms with E-state index < -0.39 is 0 Å². The molecule has 7 rings (SSSR count). The zero-order chi connectivity index (χ0) is 19.8. The molecule has 0 atom stereocenters. The molecule has 0 unspecified atom stereocenters. The van der Waals surface area contributed by atoms with Gasteiger partial charge in [-0.15, -0.1) is 0 Å². The van der Waals surface area contributed by atoms with Crippen LogP contribution in [-0.4, -0.2) is 4.57 Å². The smallest absolute Gasteiger partial charge is 0.0553 e. The maximum atomic E-state index is 2.41. The lowest BCUT2D eigenvalue weighted by atomic mass is 9.90. The number of fused-ring (bicyclic) bond motifs is 4. The highest BCUT2D eigenvalue weighted by molar-refractivity contribution is 6.33. The van der Waals surface area contributed by atoms with E-state index in [0.29, 0.717) is 0 Å². The molecule has 1 aromatic heterocycles. The van der Waals surface area contributed by atoms with Crippen molar-refractivity contribution in [3.05, 3.63) is 103 Å². The van der Waals surface area contributed by atoms with Crippen LogP contribution in [0.1, 0.15) is 5.56 Å². The Balaban J connectivity index is 1.80. The molecule has 7 aromatic rings. The molecular weight excluding hydrogens is 362 g/mol. The number of hydrogen-bond acceptors (Lipinski definition) is 0. The summed E-state index contributed by atoms with van der Waals surface area (Å²) < 4.78 is 2.41. The Morgan fingerprint density at radius 3 is 2.10 bits per heavy atom. The fourth-order valence-corrected chi connectivity index (χ4v) is 5.33. The van der Waals surface area contributed by atoms with Gasteiger partial charge < -0.3 is 4.57 Å². The van der Waals surface area contributed by atoms with Crippen LogP contribution < -0.4 is 0 Å². The van der Waals surface area contributed by atoms with Crippen molar-refractivity contribution in [2.24, 2.45) is 0 Å². The molecule has 0 spiro atoms. The summed E-state index contributed by atoms with van der Waals surface area (Å²) >= 11 is 0. The van der Waals surface area contributed by atoms with Crippen molar-refractivity contribution in [1.82, 2.24) is 4.57 Å². The van der Waals surface area contributed by atoms with Crippen molar-refractivity contribution in [1.29, 1.82) is 0 Å². The summed E-state index contributed by atoms with van der Waals surface area (Å²) in [6.45, 7) is 2.21. The lowest BCUT2D eigenvalue weighted by molar-refractivity contribution is 1.18. The number of aromatic nitrogens is 1. The standard InChI is InChI=1S/C29H19N/c1-18-11-12-19-13-16-24-28-20(14-15-22(18)27(19)28)17-26-29(24)23-9-5-6-10-25(23)30(26)21-7-3-2-4-8-21/h2-17H,1H3. The fourth-order valence-electron chi connectivity index (χ4n) is 5.33. The van der Waals surface area contributed by atoms with Crippen LogP contribution in [0.3, 0.4) is 0 Å². The maximum absolute atomic E-state index is 2.41. The summed E-state index contributed by atoms with van der Waals surface area (Å²) in [6.07, 6.45) is 0. The number of nitrogens with zero attached hydrogens (tertiary/aromatic N) is 1. The quantitative estimate of drug-likeness (QED) is 0.254. The zero-order valence-corrected chi connectivity index (χ0v) is 16.7. The van der Waals surface area contributed by atoms with Gasteiger partial charge in [-0.05, 0) is 69.1 Å². The van der Waals surface area contributed by atoms with E-state index in [-0.39, 0.29) is 0 Å². The molecule has 0 aliphatic heterocycles. The van der Waals surface area contributed by atoms with Crippen LogP contribution in [-0.2, 0) is 0 Å². The Morgan fingerprint density at radius 1 is 0.500 bits per heavy atom. The second-order valence-corrected chi connectivity index (χ2v) is 8.26. The van der Waals surface area contributed by atoms with E-state index in [1.54, 1.807) is 0 Å². The minimum atomic E-state index is 1.20. The first kappa shape index (κ1) is 16.0. The van der Waals surface area contributed by atoms with Crippen LogP contribution in [0.25, 0.3) is 59.8 Å². The van der Waals surface area contributed by atoms with Crippen molar-refractivity contribution in [3.63, 3.8) is 0 Å². The third kappa shape index (κ3) is 1.92. The van der Waals surface area contributed by atoms with Crippen LogP contribution in [0.2, 0.25) is 0 Å². The van der Waals surface area contributed by atoms with Gasteiger partial charge in [-0.1, -0.05) is 72.8 Å². The molecular formula is C29H19N. The number of rotatable bonds is 1. The van der Waals surface area contributed by atoms with Gasteiger partial charge >= 0.3 is 0 Å². The SMILES string of the molecule is Cc1ccc2ccc3c4c(ccc1c24)cc1c3c2ccccc2n1-c1ccccc1. The van der Waals surface area contributed by atoms with Gasteiger partial charge in [0.25, 0.3) is 0 Å². The summed E-state index contributed by atoms with van der Waals surface area (Å²) in [6, 6.07) is 35.6. The van der Waals surface area contributed by atoms with E-state index >= 15 is 0 Å². The average Bonchev–Trinajstić information content (AvgIpc) is 3.13. The van der Waals surface area contributed by atoms with Gasteiger partial charge in [0.2, 0.25) is 0 Å². The summed E-state index contributed by atoms with van der Waals surface area (Å²) in [7, 11) is 0. The zero-order valence-electron chi connectivity index (χ0n) is 16.7. The molecule has 0 fully saturated rings. The lowest BCUT2D eigenvalue weighted by Crippen LogP contribution is -1.93. The molecule has 0 bridgehead atoms. The van der Waals surface area contributed by atoms with Crippen molar-refractivity contribution in [3.8, 4) is 5.69 Å². The molecule has 0 saturated heterocycles. The average molecular weight is 381 g/mol. The molecule has 1 heterocycles. The normalized spacial score (nSPS) is 12.2.